The lowest BCUT2D eigenvalue weighted by molar-refractivity contribution is 0.507. The molecule has 0 aromatic carbocycles. The van der Waals surface area contributed by atoms with Crippen LogP contribution in [0, 0.1) is 6.92 Å². The lowest BCUT2D eigenvalue weighted by Crippen LogP contribution is -2.21. The molecule has 0 amide bonds. The van der Waals surface area contributed by atoms with Crippen molar-refractivity contribution in [1.29, 1.82) is 0 Å². The highest BCUT2D eigenvalue weighted by Gasteiger charge is 2.19. The number of nitrogens with one attached hydrogen (secondary N) is 1. The fraction of sp³-hybridized carbons (Fsp3) is 0.462. The molecule has 4 nitrogen and oxygen atoms in total. The summed E-state index contributed by atoms with van der Waals surface area (Å²) in [5, 5.41) is 7.69. The second-order valence-corrected chi connectivity index (χ2v) is 4.13. The van der Waals surface area contributed by atoms with Crippen LogP contribution < -0.4 is 5.32 Å². The molecule has 0 fully saturated rings. The molecule has 2 heterocycles. The Kier molecular flexibility index (Phi) is 3.64. The highest BCUT2D eigenvalue weighted by Crippen LogP contribution is 2.25. The van der Waals surface area contributed by atoms with Crippen molar-refractivity contribution in [2.24, 2.45) is 0 Å². The van der Waals surface area contributed by atoms with Gasteiger partial charge in [-0.25, -0.2) is 0 Å². The molecular formula is C13H19N3O. The van der Waals surface area contributed by atoms with E-state index in [2.05, 4.69) is 23.4 Å². The summed E-state index contributed by atoms with van der Waals surface area (Å²) in [5.74, 6) is 0.952. The minimum Gasteiger partial charge on any atom is -0.469 e. The number of hydrogen-bond acceptors (Lipinski definition) is 3. The molecule has 2 rings (SSSR count). The lowest BCUT2D eigenvalue weighted by atomic mass is 10.0. The van der Waals surface area contributed by atoms with Gasteiger partial charge in [-0.2, -0.15) is 5.10 Å². The van der Waals surface area contributed by atoms with Crippen LogP contribution in [-0.4, -0.2) is 16.8 Å². The first-order valence-electron chi connectivity index (χ1n) is 6.01. The summed E-state index contributed by atoms with van der Waals surface area (Å²) < 4.78 is 7.42. The Bertz CT molecular complexity index is 472. The number of furan rings is 1. The van der Waals surface area contributed by atoms with E-state index in [1.165, 1.54) is 11.3 Å². The normalized spacial score (nSPS) is 12.9. The summed E-state index contributed by atoms with van der Waals surface area (Å²) in [6, 6.07) is 4.21. The van der Waals surface area contributed by atoms with Crippen LogP contribution in [0.1, 0.15) is 36.4 Å². The van der Waals surface area contributed by atoms with E-state index in [0.29, 0.717) is 0 Å². The Labute approximate surface area is 102 Å². The van der Waals surface area contributed by atoms with Gasteiger partial charge in [0.25, 0.3) is 0 Å². The number of aromatic nitrogens is 2. The topological polar surface area (TPSA) is 43.0 Å². The second kappa shape index (κ2) is 5.19. The average Bonchev–Trinajstić information content (AvgIpc) is 2.92. The maximum atomic E-state index is 5.38. The third-order valence-electron chi connectivity index (χ3n) is 2.98. The van der Waals surface area contributed by atoms with E-state index in [1.54, 1.807) is 6.26 Å². The largest absolute Gasteiger partial charge is 0.469 e. The fourth-order valence-electron chi connectivity index (χ4n) is 2.14. The Morgan fingerprint density at radius 1 is 1.47 bits per heavy atom. The van der Waals surface area contributed by atoms with E-state index >= 15 is 0 Å². The zero-order valence-electron chi connectivity index (χ0n) is 10.6. The Balaban J connectivity index is 2.35. The number of rotatable bonds is 5. The van der Waals surface area contributed by atoms with Crippen LogP contribution in [0.3, 0.4) is 0 Å². The molecule has 0 radical (unpaired) electrons. The zero-order valence-corrected chi connectivity index (χ0v) is 10.6. The van der Waals surface area contributed by atoms with Crippen LogP contribution >= 0.6 is 0 Å². The van der Waals surface area contributed by atoms with Crippen LogP contribution in [0.5, 0.6) is 0 Å². The van der Waals surface area contributed by atoms with E-state index in [1.807, 2.05) is 30.9 Å². The molecule has 0 aliphatic carbocycles. The smallest absolute Gasteiger partial charge is 0.105 e. The summed E-state index contributed by atoms with van der Waals surface area (Å²) >= 11 is 0. The van der Waals surface area contributed by atoms with Gasteiger partial charge >= 0.3 is 0 Å². The van der Waals surface area contributed by atoms with Gasteiger partial charge in [-0.15, -0.1) is 0 Å². The summed E-state index contributed by atoms with van der Waals surface area (Å²) in [6.07, 6.45) is 4.66. The zero-order chi connectivity index (χ0) is 12.3. The van der Waals surface area contributed by atoms with Gasteiger partial charge in [0, 0.05) is 18.3 Å². The third kappa shape index (κ3) is 2.26. The monoisotopic (exact) mass is 233 g/mol. The van der Waals surface area contributed by atoms with Crippen molar-refractivity contribution in [3.63, 3.8) is 0 Å². The van der Waals surface area contributed by atoms with Crippen molar-refractivity contribution in [2.75, 3.05) is 7.05 Å². The van der Waals surface area contributed by atoms with Crippen LogP contribution in [0.2, 0.25) is 0 Å². The van der Waals surface area contributed by atoms with Crippen molar-refractivity contribution in [2.45, 2.75) is 32.9 Å². The first-order chi connectivity index (χ1) is 8.27. The molecule has 0 saturated carbocycles. The van der Waals surface area contributed by atoms with Crippen molar-refractivity contribution in [1.82, 2.24) is 15.1 Å². The summed E-state index contributed by atoms with van der Waals surface area (Å²) in [5.41, 5.74) is 2.35. The molecule has 0 aliphatic rings. The molecule has 0 bridgehead atoms. The number of aryl methyl sites for hydroxylation is 2. The summed E-state index contributed by atoms with van der Waals surface area (Å²) in [6.45, 7) is 5.08. The van der Waals surface area contributed by atoms with E-state index in [-0.39, 0.29) is 6.04 Å². The van der Waals surface area contributed by atoms with Crippen molar-refractivity contribution < 1.29 is 4.42 Å². The molecule has 0 saturated heterocycles. The van der Waals surface area contributed by atoms with Crippen molar-refractivity contribution in [3.05, 3.63) is 41.6 Å². The van der Waals surface area contributed by atoms with Gasteiger partial charge in [-0.1, -0.05) is 6.92 Å². The highest BCUT2D eigenvalue weighted by atomic mass is 16.3. The predicted molar refractivity (Wildman–Crippen MR) is 66.9 cm³/mol. The van der Waals surface area contributed by atoms with Gasteiger partial charge in [-0.05, 0) is 32.5 Å². The molecule has 17 heavy (non-hydrogen) atoms. The molecule has 2 aromatic rings. The second-order valence-electron chi connectivity index (χ2n) is 4.13. The lowest BCUT2D eigenvalue weighted by Gasteiger charge is -2.17. The average molecular weight is 233 g/mol. The quantitative estimate of drug-likeness (QED) is 0.862. The Morgan fingerprint density at radius 3 is 2.88 bits per heavy atom. The van der Waals surface area contributed by atoms with Crippen molar-refractivity contribution in [3.8, 4) is 0 Å². The fourth-order valence-corrected chi connectivity index (χ4v) is 2.14. The molecule has 1 unspecified atom stereocenters. The van der Waals surface area contributed by atoms with Crippen molar-refractivity contribution >= 4 is 0 Å². The first-order valence-corrected chi connectivity index (χ1v) is 6.01. The van der Waals surface area contributed by atoms with Crippen LogP contribution in [0.15, 0.2) is 29.0 Å². The molecular weight excluding hydrogens is 214 g/mol. The van der Waals surface area contributed by atoms with Gasteiger partial charge in [0.1, 0.15) is 5.76 Å². The van der Waals surface area contributed by atoms with E-state index in [4.69, 9.17) is 4.42 Å². The molecule has 4 heteroatoms. The maximum absolute atomic E-state index is 5.38. The van der Waals surface area contributed by atoms with Gasteiger partial charge in [0.05, 0.1) is 18.0 Å². The van der Waals surface area contributed by atoms with E-state index < -0.39 is 0 Å². The molecule has 92 valence electrons. The maximum Gasteiger partial charge on any atom is 0.105 e. The first kappa shape index (κ1) is 11.9. The SMILES string of the molecule is CCCn1nccc1C(NC)c1ccoc1C. The van der Waals surface area contributed by atoms with Gasteiger partial charge < -0.3 is 9.73 Å². The van der Waals surface area contributed by atoms with Crippen LogP contribution in [0.25, 0.3) is 0 Å². The van der Waals surface area contributed by atoms with Crippen LogP contribution in [0.4, 0.5) is 0 Å². The number of nitrogens with zero attached hydrogens (tertiary/aromatic N) is 2. The Hall–Kier alpha value is -1.55. The van der Waals surface area contributed by atoms with Gasteiger partial charge in [0.2, 0.25) is 0 Å². The third-order valence-corrected chi connectivity index (χ3v) is 2.98. The standard InChI is InChI=1S/C13H19N3O/c1-4-8-16-12(5-7-15-16)13(14-3)11-6-9-17-10(11)2/h5-7,9,13-14H,4,8H2,1-3H3. The molecule has 2 aromatic heterocycles. The summed E-state index contributed by atoms with van der Waals surface area (Å²) in [7, 11) is 1.96. The number of hydrogen-bond donors (Lipinski definition) is 1. The Morgan fingerprint density at radius 2 is 2.29 bits per heavy atom. The summed E-state index contributed by atoms with van der Waals surface area (Å²) in [4.78, 5) is 0. The van der Waals surface area contributed by atoms with E-state index in [0.717, 1.165) is 18.7 Å². The molecule has 1 N–H and O–H groups in total. The highest BCUT2D eigenvalue weighted by molar-refractivity contribution is 5.28. The molecule has 0 spiro atoms. The molecule has 1 atom stereocenters. The van der Waals surface area contributed by atoms with Crippen LogP contribution in [-0.2, 0) is 6.54 Å². The van der Waals surface area contributed by atoms with Gasteiger partial charge in [0.15, 0.2) is 0 Å². The van der Waals surface area contributed by atoms with E-state index in [9.17, 15) is 0 Å². The van der Waals surface area contributed by atoms with Gasteiger partial charge in [-0.3, -0.25) is 4.68 Å². The molecule has 0 aliphatic heterocycles. The minimum atomic E-state index is 0.141. The predicted octanol–water partition coefficient (Wildman–Crippen LogP) is 2.50. The minimum absolute atomic E-state index is 0.141.